The van der Waals surface area contributed by atoms with Crippen molar-refractivity contribution in [2.45, 2.75) is 33.5 Å². The standard InChI is InChI=1S/C16H18O3/c1-10-11(2)15(4)14(10,3)13(17)19-16(15,18)12-8-6-5-7-9-12/h5-9,18H,1-4H3. The van der Waals surface area contributed by atoms with E-state index in [1.807, 2.05) is 45.9 Å². The molecule has 1 saturated heterocycles. The molecule has 100 valence electrons. The van der Waals surface area contributed by atoms with Crippen LogP contribution in [0.4, 0.5) is 0 Å². The Morgan fingerprint density at radius 1 is 1.05 bits per heavy atom. The van der Waals surface area contributed by atoms with Gasteiger partial charge in [0, 0.05) is 5.56 Å². The van der Waals surface area contributed by atoms with E-state index in [1.54, 1.807) is 12.1 Å². The summed E-state index contributed by atoms with van der Waals surface area (Å²) in [5, 5.41) is 11.1. The number of ether oxygens (including phenoxy) is 1. The van der Waals surface area contributed by atoms with Crippen LogP contribution in [0, 0.1) is 10.8 Å². The third-order valence-corrected chi connectivity index (χ3v) is 5.55. The summed E-state index contributed by atoms with van der Waals surface area (Å²) >= 11 is 0. The molecule has 1 aliphatic heterocycles. The molecule has 0 bridgehead atoms. The van der Waals surface area contributed by atoms with Gasteiger partial charge < -0.3 is 9.84 Å². The number of carbonyl (C=O) groups excluding carboxylic acids is 1. The molecule has 1 aliphatic carbocycles. The molecule has 0 radical (unpaired) electrons. The summed E-state index contributed by atoms with van der Waals surface area (Å²) in [6.45, 7) is 7.67. The van der Waals surface area contributed by atoms with Crippen molar-refractivity contribution in [3.05, 3.63) is 47.0 Å². The maximum atomic E-state index is 12.3. The molecular weight excluding hydrogens is 240 g/mol. The number of benzene rings is 1. The fourth-order valence-corrected chi connectivity index (χ4v) is 3.74. The Morgan fingerprint density at radius 2 is 1.63 bits per heavy atom. The van der Waals surface area contributed by atoms with Gasteiger partial charge in [0.05, 0.1) is 5.41 Å². The van der Waals surface area contributed by atoms with E-state index in [0.29, 0.717) is 5.56 Å². The predicted octanol–water partition coefficient (Wildman–Crippen LogP) is 2.75. The molecule has 3 nitrogen and oxygen atoms in total. The van der Waals surface area contributed by atoms with Gasteiger partial charge in [0.2, 0.25) is 5.79 Å². The Hall–Kier alpha value is -1.61. The number of hydrogen-bond acceptors (Lipinski definition) is 3. The second kappa shape index (κ2) is 3.28. The largest absolute Gasteiger partial charge is 0.427 e. The van der Waals surface area contributed by atoms with Gasteiger partial charge in [0.15, 0.2) is 0 Å². The Morgan fingerprint density at radius 3 is 2.21 bits per heavy atom. The van der Waals surface area contributed by atoms with E-state index in [-0.39, 0.29) is 5.97 Å². The molecule has 3 unspecified atom stereocenters. The topological polar surface area (TPSA) is 46.5 Å². The minimum absolute atomic E-state index is 0.343. The zero-order valence-electron chi connectivity index (χ0n) is 11.7. The van der Waals surface area contributed by atoms with Crippen LogP contribution in [0.3, 0.4) is 0 Å². The first kappa shape index (κ1) is 12.4. The van der Waals surface area contributed by atoms with Crippen LogP contribution >= 0.6 is 0 Å². The lowest BCUT2D eigenvalue weighted by atomic mass is 9.46. The number of aliphatic hydroxyl groups is 1. The van der Waals surface area contributed by atoms with Crippen LogP contribution in [-0.4, -0.2) is 11.1 Å². The normalized spacial score (nSPS) is 40.8. The van der Waals surface area contributed by atoms with Crippen LogP contribution < -0.4 is 0 Å². The highest BCUT2D eigenvalue weighted by molar-refractivity contribution is 5.89. The average Bonchev–Trinajstić information content (AvgIpc) is 2.57. The van der Waals surface area contributed by atoms with Gasteiger partial charge in [-0.15, -0.1) is 0 Å². The molecule has 3 rings (SSSR count). The van der Waals surface area contributed by atoms with Gasteiger partial charge in [0.25, 0.3) is 0 Å². The first-order valence-electron chi connectivity index (χ1n) is 6.50. The van der Waals surface area contributed by atoms with Crippen LogP contribution in [0.1, 0.15) is 33.3 Å². The first-order chi connectivity index (χ1) is 8.80. The number of esters is 1. The molecule has 0 aromatic heterocycles. The SMILES string of the molecule is CC1=C(C)C2(C)C1(C)C(=O)OC2(O)c1ccccc1. The van der Waals surface area contributed by atoms with Gasteiger partial charge in [-0.2, -0.15) is 0 Å². The Balaban J connectivity index is 2.25. The number of hydrogen-bond donors (Lipinski definition) is 1. The van der Waals surface area contributed by atoms with Gasteiger partial charge >= 0.3 is 5.97 Å². The summed E-state index contributed by atoms with van der Waals surface area (Å²) in [5.74, 6) is -1.92. The number of rotatable bonds is 1. The maximum Gasteiger partial charge on any atom is 0.319 e. The van der Waals surface area contributed by atoms with Gasteiger partial charge in [0.1, 0.15) is 5.41 Å². The summed E-state index contributed by atoms with van der Waals surface area (Å²) in [4.78, 5) is 12.3. The Kier molecular flexibility index (Phi) is 2.15. The summed E-state index contributed by atoms with van der Waals surface area (Å²) in [6, 6.07) is 9.14. The fourth-order valence-electron chi connectivity index (χ4n) is 3.74. The van der Waals surface area contributed by atoms with E-state index in [0.717, 1.165) is 11.1 Å². The molecule has 2 aliphatic rings. The molecule has 1 N–H and O–H groups in total. The van der Waals surface area contributed by atoms with Crippen LogP contribution in [-0.2, 0) is 15.3 Å². The molecule has 1 heterocycles. The van der Waals surface area contributed by atoms with Crippen molar-refractivity contribution in [2.75, 3.05) is 0 Å². The highest BCUT2D eigenvalue weighted by Crippen LogP contribution is 2.72. The third kappa shape index (κ3) is 1.03. The molecule has 0 spiro atoms. The predicted molar refractivity (Wildman–Crippen MR) is 71.0 cm³/mol. The lowest BCUT2D eigenvalue weighted by Crippen LogP contribution is -2.56. The summed E-state index contributed by atoms with van der Waals surface area (Å²) < 4.78 is 5.44. The van der Waals surface area contributed by atoms with Crippen LogP contribution in [0.5, 0.6) is 0 Å². The molecule has 19 heavy (non-hydrogen) atoms. The van der Waals surface area contributed by atoms with Crippen molar-refractivity contribution in [1.82, 2.24) is 0 Å². The number of cyclic esters (lactones) is 1. The second-order valence-electron chi connectivity index (χ2n) is 5.90. The summed E-state index contributed by atoms with van der Waals surface area (Å²) in [7, 11) is 0. The number of carbonyl (C=O) groups is 1. The molecular formula is C16H18O3. The smallest absolute Gasteiger partial charge is 0.319 e. The third-order valence-electron chi connectivity index (χ3n) is 5.55. The average molecular weight is 258 g/mol. The van der Waals surface area contributed by atoms with Gasteiger partial charge in [-0.1, -0.05) is 41.5 Å². The minimum Gasteiger partial charge on any atom is -0.427 e. The molecule has 0 amide bonds. The fraction of sp³-hybridized carbons (Fsp3) is 0.438. The van der Waals surface area contributed by atoms with Crippen molar-refractivity contribution in [3.63, 3.8) is 0 Å². The highest BCUT2D eigenvalue weighted by atomic mass is 16.7. The Labute approximate surface area is 112 Å². The molecule has 1 aromatic rings. The Bertz CT molecular complexity index is 604. The van der Waals surface area contributed by atoms with Crippen molar-refractivity contribution in [1.29, 1.82) is 0 Å². The zero-order chi connectivity index (χ0) is 14.1. The van der Waals surface area contributed by atoms with Crippen LogP contribution in [0.15, 0.2) is 41.5 Å². The lowest BCUT2D eigenvalue weighted by Gasteiger charge is -2.53. The van der Waals surface area contributed by atoms with Crippen molar-refractivity contribution in [2.24, 2.45) is 10.8 Å². The van der Waals surface area contributed by atoms with E-state index < -0.39 is 16.6 Å². The molecule has 1 aromatic carbocycles. The van der Waals surface area contributed by atoms with Gasteiger partial charge in [-0.05, 0) is 27.7 Å². The second-order valence-corrected chi connectivity index (χ2v) is 5.90. The molecule has 1 fully saturated rings. The first-order valence-corrected chi connectivity index (χ1v) is 6.50. The van der Waals surface area contributed by atoms with E-state index in [4.69, 9.17) is 4.74 Å². The van der Waals surface area contributed by atoms with Crippen molar-refractivity contribution in [3.8, 4) is 0 Å². The van der Waals surface area contributed by atoms with E-state index in [2.05, 4.69) is 0 Å². The quantitative estimate of drug-likeness (QED) is 0.622. The van der Waals surface area contributed by atoms with Crippen molar-refractivity contribution >= 4 is 5.97 Å². The monoisotopic (exact) mass is 258 g/mol. The molecule has 0 saturated carbocycles. The van der Waals surface area contributed by atoms with Gasteiger partial charge in [-0.25, -0.2) is 0 Å². The van der Waals surface area contributed by atoms with Crippen molar-refractivity contribution < 1.29 is 14.6 Å². The van der Waals surface area contributed by atoms with Crippen LogP contribution in [0.25, 0.3) is 0 Å². The summed E-state index contributed by atoms with van der Waals surface area (Å²) in [6.07, 6.45) is 0. The van der Waals surface area contributed by atoms with Crippen LogP contribution in [0.2, 0.25) is 0 Å². The van der Waals surface area contributed by atoms with E-state index in [9.17, 15) is 9.90 Å². The van der Waals surface area contributed by atoms with E-state index in [1.165, 1.54) is 0 Å². The minimum atomic E-state index is -1.58. The molecule has 3 heteroatoms. The lowest BCUT2D eigenvalue weighted by molar-refractivity contribution is -0.228. The maximum absolute atomic E-state index is 12.3. The summed E-state index contributed by atoms with van der Waals surface area (Å²) in [5.41, 5.74) is 1.23. The highest BCUT2D eigenvalue weighted by Gasteiger charge is 2.77. The zero-order valence-corrected chi connectivity index (χ0v) is 11.7. The molecule has 3 atom stereocenters. The number of fused-ring (bicyclic) bond motifs is 1. The van der Waals surface area contributed by atoms with Gasteiger partial charge in [-0.3, -0.25) is 4.79 Å². The van der Waals surface area contributed by atoms with E-state index >= 15 is 0 Å².